The van der Waals surface area contributed by atoms with Crippen molar-refractivity contribution < 1.29 is 0 Å². The van der Waals surface area contributed by atoms with E-state index in [1.165, 1.54) is 0 Å². The molecule has 0 saturated carbocycles. The van der Waals surface area contributed by atoms with Gasteiger partial charge >= 0.3 is 0 Å². The first-order chi connectivity index (χ1) is 11.9. The Balaban J connectivity index is 1.68. The molecule has 0 atom stereocenters. The number of hydrogen-bond donors (Lipinski definition) is 2. The summed E-state index contributed by atoms with van der Waals surface area (Å²) in [6.45, 7) is 0.815. The number of para-hydroxylation sites is 3. The minimum Gasteiger partial charge on any atom is -0.385 e. The first-order valence-corrected chi connectivity index (χ1v) is 8.14. The highest BCUT2D eigenvalue weighted by atomic mass is 15.0. The Bertz CT molecular complexity index is 753. The summed E-state index contributed by atoms with van der Waals surface area (Å²) in [5, 5.41) is 6.85. The SMILES string of the molecule is c1ccc(N=C(CCNc2ccccc2)Nc2ccccc2)cc1. The maximum atomic E-state index is 4.75. The molecule has 0 aliphatic carbocycles. The van der Waals surface area contributed by atoms with E-state index < -0.39 is 0 Å². The second-order valence-electron chi connectivity index (χ2n) is 5.43. The van der Waals surface area contributed by atoms with Gasteiger partial charge in [-0.3, -0.25) is 0 Å². The van der Waals surface area contributed by atoms with Crippen LogP contribution in [-0.4, -0.2) is 12.4 Å². The molecule has 3 aromatic rings. The zero-order valence-corrected chi connectivity index (χ0v) is 13.5. The number of anilines is 2. The van der Waals surface area contributed by atoms with Crippen LogP contribution < -0.4 is 10.6 Å². The predicted octanol–water partition coefficient (Wildman–Crippen LogP) is 5.33. The van der Waals surface area contributed by atoms with Gasteiger partial charge in [0, 0.05) is 24.3 Å². The molecular weight excluding hydrogens is 294 g/mol. The van der Waals surface area contributed by atoms with Gasteiger partial charge < -0.3 is 10.6 Å². The summed E-state index contributed by atoms with van der Waals surface area (Å²) < 4.78 is 0. The summed E-state index contributed by atoms with van der Waals surface area (Å²) in [6, 6.07) is 30.4. The van der Waals surface area contributed by atoms with Crippen molar-refractivity contribution in [3.05, 3.63) is 91.0 Å². The molecule has 3 heteroatoms. The standard InChI is InChI=1S/C21H21N3/c1-4-10-18(11-5-1)22-17-16-21(23-19-12-6-2-7-13-19)24-20-14-8-3-9-15-20/h1-15,22H,16-17H2,(H,23,24). The summed E-state index contributed by atoms with van der Waals surface area (Å²) >= 11 is 0. The van der Waals surface area contributed by atoms with Gasteiger partial charge in [-0.2, -0.15) is 0 Å². The van der Waals surface area contributed by atoms with E-state index in [0.29, 0.717) is 0 Å². The maximum Gasteiger partial charge on any atom is 0.108 e. The summed E-state index contributed by atoms with van der Waals surface area (Å²) in [4.78, 5) is 4.75. The van der Waals surface area contributed by atoms with E-state index >= 15 is 0 Å². The molecule has 0 heterocycles. The molecule has 0 aliphatic rings. The van der Waals surface area contributed by atoms with Crippen molar-refractivity contribution in [1.29, 1.82) is 0 Å². The molecule has 0 aromatic heterocycles. The third kappa shape index (κ3) is 4.99. The van der Waals surface area contributed by atoms with E-state index in [0.717, 1.165) is 35.9 Å². The predicted molar refractivity (Wildman–Crippen MR) is 103 cm³/mol. The lowest BCUT2D eigenvalue weighted by molar-refractivity contribution is 1.10. The largest absolute Gasteiger partial charge is 0.385 e. The number of hydrogen-bond acceptors (Lipinski definition) is 2. The van der Waals surface area contributed by atoms with E-state index in [2.05, 4.69) is 22.8 Å². The summed E-state index contributed by atoms with van der Waals surface area (Å²) in [5.74, 6) is 0.941. The highest BCUT2D eigenvalue weighted by molar-refractivity contribution is 5.97. The maximum absolute atomic E-state index is 4.75. The molecule has 0 radical (unpaired) electrons. The Morgan fingerprint density at radius 1 is 0.667 bits per heavy atom. The van der Waals surface area contributed by atoms with Crippen LogP contribution in [0.15, 0.2) is 96.0 Å². The van der Waals surface area contributed by atoms with E-state index in [-0.39, 0.29) is 0 Å². The molecule has 0 saturated heterocycles. The van der Waals surface area contributed by atoms with Crippen LogP contribution in [0.1, 0.15) is 6.42 Å². The number of rotatable bonds is 6. The Hall–Kier alpha value is -3.07. The van der Waals surface area contributed by atoms with Gasteiger partial charge in [-0.05, 0) is 36.4 Å². The fraction of sp³-hybridized carbons (Fsp3) is 0.0952. The first kappa shape index (κ1) is 15.8. The topological polar surface area (TPSA) is 36.4 Å². The molecular formula is C21H21N3. The lowest BCUT2D eigenvalue weighted by atomic mass is 10.2. The summed E-state index contributed by atoms with van der Waals surface area (Å²) in [6.07, 6.45) is 0.804. The van der Waals surface area contributed by atoms with Gasteiger partial charge in [-0.1, -0.05) is 54.6 Å². The monoisotopic (exact) mass is 315 g/mol. The second kappa shape index (κ2) is 8.53. The van der Waals surface area contributed by atoms with Crippen molar-refractivity contribution in [2.45, 2.75) is 6.42 Å². The fourth-order valence-corrected chi connectivity index (χ4v) is 2.37. The van der Waals surface area contributed by atoms with E-state index in [1.54, 1.807) is 0 Å². The van der Waals surface area contributed by atoms with Crippen molar-refractivity contribution in [3.63, 3.8) is 0 Å². The first-order valence-electron chi connectivity index (χ1n) is 8.14. The van der Waals surface area contributed by atoms with Crippen LogP contribution in [0.4, 0.5) is 17.1 Å². The molecule has 3 rings (SSSR count). The Kier molecular flexibility index (Phi) is 5.62. The van der Waals surface area contributed by atoms with Crippen LogP contribution in [0.3, 0.4) is 0 Å². The van der Waals surface area contributed by atoms with Crippen LogP contribution in [0.2, 0.25) is 0 Å². The molecule has 3 nitrogen and oxygen atoms in total. The smallest absolute Gasteiger partial charge is 0.108 e. The van der Waals surface area contributed by atoms with E-state index in [9.17, 15) is 0 Å². The molecule has 0 unspecified atom stereocenters. The molecule has 0 spiro atoms. The van der Waals surface area contributed by atoms with Gasteiger partial charge in [-0.25, -0.2) is 4.99 Å². The van der Waals surface area contributed by atoms with Gasteiger partial charge in [-0.15, -0.1) is 0 Å². The van der Waals surface area contributed by atoms with Gasteiger partial charge in [0.25, 0.3) is 0 Å². The Labute approximate surface area is 143 Å². The lowest BCUT2D eigenvalue weighted by Gasteiger charge is -2.12. The normalized spacial score (nSPS) is 11.1. The van der Waals surface area contributed by atoms with Gasteiger partial charge in [0.1, 0.15) is 5.84 Å². The van der Waals surface area contributed by atoms with Crippen LogP contribution >= 0.6 is 0 Å². The van der Waals surface area contributed by atoms with Crippen molar-refractivity contribution in [1.82, 2.24) is 0 Å². The summed E-state index contributed by atoms with van der Waals surface area (Å²) in [7, 11) is 0. The zero-order valence-electron chi connectivity index (χ0n) is 13.5. The number of nitrogens with zero attached hydrogens (tertiary/aromatic N) is 1. The number of amidine groups is 1. The van der Waals surface area contributed by atoms with Crippen molar-refractivity contribution >= 4 is 22.9 Å². The van der Waals surface area contributed by atoms with Gasteiger partial charge in [0.05, 0.1) is 5.69 Å². The molecule has 0 aliphatic heterocycles. The van der Waals surface area contributed by atoms with Crippen molar-refractivity contribution in [2.75, 3.05) is 17.2 Å². The zero-order chi connectivity index (χ0) is 16.5. The van der Waals surface area contributed by atoms with Crippen LogP contribution in [0, 0.1) is 0 Å². The number of benzene rings is 3. The average molecular weight is 315 g/mol. The molecule has 120 valence electrons. The van der Waals surface area contributed by atoms with E-state index in [4.69, 9.17) is 4.99 Å². The van der Waals surface area contributed by atoms with Gasteiger partial charge in [0.15, 0.2) is 0 Å². The second-order valence-corrected chi connectivity index (χ2v) is 5.43. The minimum absolute atomic E-state index is 0.804. The highest BCUT2D eigenvalue weighted by Gasteiger charge is 2.01. The molecule has 24 heavy (non-hydrogen) atoms. The average Bonchev–Trinajstić information content (AvgIpc) is 2.64. The lowest BCUT2D eigenvalue weighted by Crippen LogP contribution is -2.16. The molecule has 0 bridgehead atoms. The van der Waals surface area contributed by atoms with Crippen LogP contribution in [0.25, 0.3) is 0 Å². The Morgan fingerprint density at radius 2 is 1.21 bits per heavy atom. The molecule has 0 amide bonds. The number of aliphatic imine (C=N–C) groups is 1. The van der Waals surface area contributed by atoms with Crippen LogP contribution in [-0.2, 0) is 0 Å². The third-order valence-corrected chi connectivity index (χ3v) is 3.55. The Morgan fingerprint density at radius 3 is 1.83 bits per heavy atom. The minimum atomic E-state index is 0.804. The molecule has 3 aromatic carbocycles. The van der Waals surface area contributed by atoms with Crippen molar-refractivity contribution in [3.8, 4) is 0 Å². The fourth-order valence-electron chi connectivity index (χ4n) is 2.37. The molecule has 0 fully saturated rings. The van der Waals surface area contributed by atoms with E-state index in [1.807, 2.05) is 78.9 Å². The molecule has 2 N–H and O–H groups in total. The quantitative estimate of drug-likeness (QED) is 0.476. The van der Waals surface area contributed by atoms with Crippen LogP contribution in [0.5, 0.6) is 0 Å². The summed E-state index contributed by atoms with van der Waals surface area (Å²) in [5.41, 5.74) is 3.12. The third-order valence-electron chi connectivity index (χ3n) is 3.55. The highest BCUT2D eigenvalue weighted by Crippen LogP contribution is 2.14. The number of nitrogens with one attached hydrogen (secondary N) is 2. The van der Waals surface area contributed by atoms with Crippen molar-refractivity contribution in [2.24, 2.45) is 4.99 Å². The van der Waals surface area contributed by atoms with Gasteiger partial charge in [0.2, 0.25) is 0 Å².